The fourth-order valence-corrected chi connectivity index (χ4v) is 6.93. The van der Waals surface area contributed by atoms with Gasteiger partial charge in [0.05, 0.1) is 36.2 Å². The minimum absolute atomic E-state index is 0.0424. The fourth-order valence-electron chi connectivity index (χ4n) is 5.61. The summed E-state index contributed by atoms with van der Waals surface area (Å²) in [5.41, 5.74) is 1.22. The van der Waals surface area contributed by atoms with Crippen LogP contribution >= 0.6 is 0 Å². The highest BCUT2D eigenvalue weighted by atomic mass is 32.2. The molecule has 2 aliphatic rings. The maximum absolute atomic E-state index is 13.3. The molecule has 0 bridgehead atoms. The third-order valence-corrected chi connectivity index (χ3v) is 9.75. The van der Waals surface area contributed by atoms with Crippen molar-refractivity contribution in [2.24, 2.45) is 11.8 Å². The number of amides is 1. The Morgan fingerprint density at radius 1 is 1.11 bits per heavy atom. The number of carbonyl (C=O) groups excluding carboxylic acids is 2. The van der Waals surface area contributed by atoms with Gasteiger partial charge in [-0.3, -0.25) is 19.7 Å². The molecule has 1 amide bonds. The number of nitrogens with one attached hydrogen (secondary N) is 1. The van der Waals surface area contributed by atoms with E-state index in [-0.39, 0.29) is 52.7 Å². The van der Waals surface area contributed by atoms with Gasteiger partial charge in [0.2, 0.25) is 15.9 Å². The van der Waals surface area contributed by atoms with Gasteiger partial charge < -0.3 is 14.4 Å². The first-order chi connectivity index (χ1) is 21.0. The lowest BCUT2D eigenvalue weighted by molar-refractivity contribution is -0.385. The summed E-state index contributed by atoms with van der Waals surface area (Å²) in [6.07, 6.45) is 2.90. The molecule has 1 heterocycles. The van der Waals surface area contributed by atoms with Crippen molar-refractivity contribution in [3.8, 4) is 11.8 Å². The van der Waals surface area contributed by atoms with Gasteiger partial charge in [-0.2, -0.15) is 0 Å². The van der Waals surface area contributed by atoms with Crippen LogP contribution in [0.2, 0.25) is 0 Å². The Morgan fingerprint density at radius 2 is 1.82 bits per heavy atom. The molecule has 1 atom stereocenters. The molecule has 2 aromatic carbocycles. The van der Waals surface area contributed by atoms with E-state index in [1.54, 1.807) is 12.1 Å². The fraction of sp³-hybridized carbons (Fsp3) is 0.500. The Morgan fingerprint density at radius 3 is 2.45 bits per heavy atom. The molecule has 1 N–H and O–H groups in total. The van der Waals surface area contributed by atoms with E-state index in [0.29, 0.717) is 57.4 Å². The number of esters is 1. The third kappa shape index (κ3) is 8.43. The average molecular weight is 626 g/mol. The summed E-state index contributed by atoms with van der Waals surface area (Å²) in [5, 5.41) is 11.8. The molecule has 1 saturated carbocycles. The van der Waals surface area contributed by atoms with Gasteiger partial charge in [-0.15, -0.1) is 0 Å². The molecule has 1 saturated heterocycles. The van der Waals surface area contributed by atoms with E-state index in [0.717, 1.165) is 11.6 Å². The normalized spacial score (nSPS) is 20.5. The SMILES string of the molecule is COC(=O)CCc1ccc(C#Cc2ccc(S(=O)(=O)NC3CCC(C(=O)N4CCOCC4C(C)C)CC3)cc2[N+](=O)[O-])cc1. The molecular weight excluding hydrogens is 586 g/mol. The number of hydrogen-bond donors (Lipinski definition) is 1. The van der Waals surface area contributed by atoms with E-state index in [4.69, 9.17) is 4.74 Å². The predicted molar refractivity (Wildman–Crippen MR) is 163 cm³/mol. The minimum atomic E-state index is -4.04. The molecule has 1 aliphatic heterocycles. The van der Waals surface area contributed by atoms with Gasteiger partial charge in [0.15, 0.2) is 0 Å². The van der Waals surface area contributed by atoms with E-state index in [2.05, 4.69) is 35.1 Å². The van der Waals surface area contributed by atoms with Crippen LogP contribution in [-0.4, -0.2) is 69.1 Å². The number of carbonyl (C=O) groups is 2. The molecule has 2 fully saturated rings. The van der Waals surface area contributed by atoms with Crippen molar-refractivity contribution in [3.05, 3.63) is 69.3 Å². The number of sulfonamides is 1. The molecule has 11 nitrogen and oxygen atoms in total. The highest BCUT2D eigenvalue weighted by Gasteiger charge is 2.36. The Hall–Kier alpha value is -3.79. The topological polar surface area (TPSA) is 145 Å². The zero-order valence-corrected chi connectivity index (χ0v) is 26.1. The molecule has 12 heteroatoms. The molecule has 0 aromatic heterocycles. The molecule has 1 aliphatic carbocycles. The maximum Gasteiger partial charge on any atom is 0.305 e. The number of nitrogens with zero attached hydrogens (tertiary/aromatic N) is 2. The Kier molecular flexibility index (Phi) is 11.1. The lowest BCUT2D eigenvalue weighted by Crippen LogP contribution is -2.53. The van der Waals surface area contributed by atoms with Crippen molar-refractivity contribution >= 4 is 27.6 Å². The summed E-state index contributed by atoms with van der Waals surface area (Å²) in [7, 11) is -2.71. The van der Waals surface area contributed by atoms with Crippen molar-refractivity contribution in [3.63, 3.8) is 0 Å². The number of nitro groups is 1. The van der Waals surface area contributed by atoms with Crippen LogP contribution in [0, 0.1) is 33.8 Å². The Labute approximate surface area is 258 Å². The zero-order chi connectivity index (χ0) is 31.9. The van der Waals surface area contributed by atoms with Crippen LogP contribution in [0.1, 0.15) is 62.6 Å². The number of hydrogen-bond acceptors (Lipinski definition) is 8. The summed E-state index contributed by atoms with van der Waals surface area (Å²) in [6.45, 7) is 5.77. The Balaban J connectivity index is 1.39. The van der Waals surface area contributed by atoms with Crippen LogP contribution in [-0.2, 0) is 35.5 Å². The number of benzene rings is 2. The molecule has 0 spiro atoms. The van der Waals surface area contributed by atoms with Gasteiger partial charge in [-0.1, -0.05) is 37.8 Å². The second kappa shape index (κ2) is 14.8. The lowest BCUT2D eigenvalue weighted by Gasteiger charge is -2.41. The number of aryl methyl sites for hydroxylation is 1. The van der Waals surface area contributed by atoms with Gasteiger partial charge in [0, 0.05) is 36.6 Å². The first kappa shape index (κ1) is 33.1. The van der Waals surface area contributed by atoms with Crippen molar-refractivity contribution in [2.45, 2.75) is 69.4 Å². The molecule has 236 valence electrons. The van der Waals surface area contributed by atoms with Crippen molar-refractivity contribution in [1.29, 1.82) is 0 Å². The van der Waals surface area contributed by atoms with Gasteiger partial charge in [-0.05, 0) is 67.9 Å². The van der Waals surface area contributed by atoms with Crippen LogP contribution in [0.25, 0.3) is 0 Å². The number of nitro benzene ring substituents is 1. The highest BCUT2D eigenvalue weighted by molar-refractivity contribution is 7.89. The van der Waals surface area contributed by atoms with Crippen LogP contribution < -0.4 is 4.72 Å². The maximum atomic E-state index is 13.3. The van der Waals surface area contributed by atoms with Crippen molar-refractivity contribution in [2.75, 3.05) is 26.9 Å². The molecular formula is C32H39N3O8S. The summed E-state index contributed by atoms with van der Waals surface area (Å²) in [5.74, 6) is 5.58. The largest absolute Gasteiger partial charge is 0.469 e. The van der Waals surface area contributed by atoms with Crippen molar-refractivity contribution in [1.82, 2.24) is 9.62 Å². The first-order valence-corrected chi connectivity index (χ1v) is 16.3. The van der Waals surface area contributed by atoms with Gasteiger partial charge in [0.25, 0.3) is 5.69 Å². The standard InChI is InChI=1S/C32H39N3O8S/c1-22(2)30-21-43-19-18-34(30)32(37)26-11-14-27(15-12-26)33-44(40,41)28-16-13-25(29(20-28)35(38)39)10-8-23-4-6-24(7-5-23)9-17-31(36)42-3/h4-7,13,16,20,22,26-27,30,33H,9,11-12,14-15,17-19,21H2,1-3H3. The second-order valence-electron chi connectivity index (χ2n) is 11.5. The summed E-state index contributed by atoms with van der Waals surface area (Å²) < 4.78 is 39.3. The monoisotopic (exact) mass is 625 g/mol. The summed E-state index contributed by atoms with van der Waals surface area (Å²) in [4.78, 5) is 37.5. The van der Waals surface area contributed by atoms with Crippen LogP contribution in [0.3, 0.4) is 0 Å². The first-order valence-electron chi connectivity index (χ1n) is 14.8. The minimum Gasteiger partial charge on any atom is -0.469 e. The molecule has 1 unspecified atom stereocenters. The summed E-state index contributed by atoms with van der Waals surface area (Å²) >= 11 is 0. The molecule has 44 heavy (non-hydrogen) atoms. The average Bonchev–Trinajstić information content (AvgIpc) is 3.02. The number of methoxy groups -OCH3 is 1. The molecule has 0 radical (unpaired) electrons. The van der Waals surface area contributed by atoms with Crippen molar-refractivity contribution < 1.29 is 32.4 Å². The predicted octanol–water partition coefficient (Wildman–Crippen LogP) is 3.82. The number of ether oxygens (including phenoxy) is 2. The van der Waals surface area contributed by atoms with Crippen LogP contribution in [0.15, 0.2) is 47.4 Å². The zero-order valence-electron chi connectivity index (χ0n) is 25.3. The van der Waals surface area contributed by atoms with E-state index in [9.17, 15) is 28.1 Å². The van der Waals surface area contributed by atoms with Crippen LogP contribution in [0.5, 0.6) is 0 Å². The van der Waals surface area contributed by atoms with Gasteiger partial charge >= 0.3 is 5.97 Å². The van der Waals surface area contributed by atoms with E-state index in [1.807, 2.05) is 17.0 Å². The summed E-state index contributed by atoms with van der Waals surface area (Å²) in [6, 6.07) is 10.5. The van der Waals surface area contributed by atoms with E-state index < -0.39 is 20.6 Å². The number of rotatable bonds is 9. The second-order valence-corrected chi connectivity index (χ2v) is 13.3. The van der Waals surface area contributed by atoms with Gasteiger partial charge in [0.1, 0.15) is 5.56 Å². The quantitative estimate of drug-likeness (QED) is 0.192. The Bertz CT molecular complexity index is 1520. The smallest absolute Gasteiger partial charge is 0.305 e. The molecule has 4 rings (SSSR count). The third-order valence-electron chi connectivity index (χ3n) is 8.23. The lowest BCUT2D eigenvalue weighted by atomic mass is 9.85. The number of morpholine rings is 1. The van der Waals surface area contributed by atoms with Gasteiger partial charge in [-0.25, -0.2) is 13.1 Å². The van der Waals surface area contributed by atoms with E-state index >= 15 is 0 Å². The van der Waals surface area contributed by atoms with E-state index in [1.165, 1.54) is 19.2 Å². The van der Waals surface area contributed by atoms with Crippen LogP contribution in [0.4, 0.5) is 5.69 Å². The highest BCUT2D eigenvalue weighted by Crippen LogP contribution is 2.30. The molecule has 2 aromatic rings.